The van der Waals surface area contributed by atoms with E-state index in [1.165, 1.54) is 4.90 Å². The van der Waals surface area contributed by atoms with E-state index in [0.29, 0.717) is 0 Å². The first-order valence-corrected chi connectivity index (χ1v) is 8.33. The summed E-state index contributed by atoms with van der Waals surface area (Å²) in [6, 6.07) is 0. The Morgan fingerprint density at radius 2 is 1.85 bits per heavy atom. The molecular formula is C12H21NO6S. The molecule has 0 bridgehead atoms. The van der Waals surface area contributed by atoms with Crippen LogP contribution in [-0.2, 0) is 19.4 Å². The molecule has 1 fully saturated rings. The Morgan fingerprint density at radius 3 is 2.25 bits per heavy atom. The van der Waals surface area contributed by atoms with Crippen LogP contribution in [0.3, 0.4) is 0 Å². The summed E-state index contributed by atoms with van der Waals surface area (Å²) in [5, 5.41) is 9.14. The molecule has 2 atom stereocenters. The van der Waals surface area contributed by atoms with Crippen molar-refractivity contribution in [2.24, 2.45) is 11.8 Å². The smallest absolute Gasteiger partial charge is 0.410 e. The quantitative estimate of drug-likeness (QED) is 0.819. The van der Waals surface area contributed by atoms with Gasteiger partial charge >= 0.3 is 12.1 Å². The first kappa shape index (κ1) is 16.7. The highest BCUT2D eigenvalue weighted by Crippen LogP contribution is 2.26. The number of carboxylic acid groups (broad SMARTS) is 1. The number of hydrogen-bond donors (Lipinski definition) is 1. The first-order valence-electron chi connectivity index (χ1n) is 6.27. The number of carboxylic acids is 1. The van der Waals surface area contributed by atoms with E-state index in [1.54, 1.807) is 20.8 Å². The summed E-state index contributed by atoms with van der Waals surface area (Å²) in [7, 11) is -3.30. The highest BCUT2D eigenvalue weighted by molar-refractivity contribution is 7.90. The molecule has 1 N–H and O–H groups in total. The van der Waals surface area contributed by atoms with Gasteiger partial charge in [-0.1, -0.05) is 0 Å². The Labute approximate surface area is 118 Å². The predicted octanol–water partition coefficient (Wildman–Crippen LogP) is 0.599. The lowest BCUT2D eigenvalue weighted by Gasteiger charge is -2.24. The molecule has 8 heteroatoms. The summed E-state index contributed by atoms with van der Waals surface area (Å²) >= 11 is 0. The van der Waals surface area contributed by atoms with Gasteiger partial charge in [0.1, 0.15) is 15.4 Å². The maximum absolute atomic E-state index is 11.9. The van der Waals surface area contributed by atoms with Gasteiger partial charge in [-0.05, 0) is 20.8 Å². The Balaban J connectivity index is 2.80. The minimum atomic E-state index is -3.30. The molecule has 0 aromatic heterocycles. The average molecular weight is 307 g/mol. The van der Waals surface area contributed by atoms with Crippen LogP contribution in [0.1, 0.15) is 20.8 Å². The fraction of sp³-hybridized carbons (Fsp3) is 0.833. The van der Waals surface area contributed by atoms with Crippen molar-refractivity contribution in [3.63, 3.8) is 0 Å². The minimum Gasteiger partial charge on any atom is -0.481 e. The molecule has 116 valence electrons. The lowest BCUT2D eigenvalue weighted by atomic mass is 9.98. The fourth-order valence-corrected chi connectivity index (χ4v) is 3.30. The predicted molar refractivity (Wildman–Crippen MR) is 72.1 cm³/mol. The van der Waals surface area contributed by atoms with Crippen LogP contribution in [0.25, 0.3) is 0 Å². The SMILES string of the molecule is CC(C)(C)OC(=O)N1C[C@@H](CS(C)(=O)=O)[C@H](C(=O)O)C1. The normalized spacial score (nSPS) is 23.7. The van der Waals surface area contributed by atoms with Crippen LogP contribution >= 0.6 is 0 Å². The van der Waals surface area contributed by atoms with Gasteiger partial charge in [0.15, 0.2) is 0 Å². The molecule has 0 aromatic rings. The van der Waals surface area contributed by atoms with E-state index in [9.17, 15) is 18.0 Å². The zero-order valence-corrected chi connectivity index (χ0v) is 12.9. The Hall–Kier alpha value is -1.31. The first-order chi connectivity index (χ1) is 8.89. The van der Waals surface area contributed by atoms with E-state index in [-0.39, 0.29) is 18.8 Å². The molecule has 1 saturated heterocycles. The standard InChI is InChI=1S/C12H21NO6S/c1-12(2,3)19-11(16)13-5-8(7-20(4,17)18)9(6-13)10(14)15/h8-9H,5-7H2,1-4H3,(H,14,15)/t8-,9+/m0/s1. The summed E-state index contributed by atoms with van der Waals surface area (Å²) in [5.41, 5.74) is -0.676. The van der Waals surface area contributed by atoms with E-state index in [4.69, 9.17) is 9.84 Å². The molecule has 0 radical (unpaired) electrons. The molecule has 1 aliphatic rings. The maximum atomic E-state index is 11.9. The van der Waals surface area contributed by atoms with Gasteiger partial charge in [0.25, 0.3) is 0 Å². The number of ether oxygens (including phenoxy) is 1. The van der Waals surface area contributed by atoms with E-state index < -0.39 is 39.3 Å². The molecule has 0 aromatic carbocycles. The number of aliphatic carboxylic acids is 1. The number of rotatable bonds is 3. The molecular weight excluding hydrogens is 286 g/mol. The second kappa shape index (κ2) is 5.59. The van der Waals surface area contributed by atoms with Crippen molar-refractivity contribution in [3.05, 3.63) is 0 Å². The van der Waals surface area contributed by atoms with Gasteiger partial charge in [-0.25, -0.2) is 13.2 Å². The van der Waals surface area contributed by atoms with Crippen molar-refractivity contribution < 1.29 is 27.9 Å². The van der Waals surface area contributed by atoms with Gasteiger partial charge in [0.05, 0.1) is 11.7 Å². The molecule has 0 aliphatic carbocycles. The molecule has 1 aliphatic heterocycles. The summed E-state index contributed by atoms with van der Waals surface area (Å²) in [4.78, 5) is 24.3. The summed E-state index contributed by atoms with van der Waals surface area (Å²) in [6.07, 6.45) is 0.446. The van der Waals surface area contributed by atoms with Gasteiger partial charge in [-0.2, -0.15) is 0 Å². The molecule has 20 heavy (non-hydrogen) atoms. The van der Waals surface area contributed by atoms with Crippen LogP contribution in [0.5, 0.6) is 0 Å². The number of carbonyl (C=O) groups is 2. The molecule has 0 spiro atoms. The van der Waals surface area contributed by atoms with Gasteiger partial charge in [-0.15, -0.1) is 0 Å². The fourth-order valence-electron chi connectivity index (χ4n) is 2.18. The van der Waals surface area contributed by atoms with Gasteiger partial charge < -0.3 is 14.7 Å². The Bertz CT molecular complexity index is 493. The highest BCUT2D eigenvalue weighted by atomic mass is 32.2. The number of amides is 1. The summed E-state index contributed by atoms with van der Waals surface area (Å²) in [6.45, 7) is 5.19. The molecule has 0 saturated carbocycles. The van der Waals surface area contributed by atoms with Crippen LogP contribution in [0.4, 0.5) is 4.79 Å². The van der Waals surface area contributed by atoms with Crippen LogP contribution < -0.4 is 0 Å². The van der Waals surface area contributed by atoms with E-state index in [1.807, 2.05) is 0 Å². The number of sulfone groups is 1. The monoisotopic (exact) mass is 307 g/mol. The van der Waals surface area contributed by atoms with Crippen LogP contribution in [0.15, 0.2) is 0 Å². The number of nitrogens with zero attached hydrogens (tertiary/aromatic N) is 1. The van der Waals surface area contributed by atoms with Gasteiger partial charge in [-0.3, -0.25) is 4.79 Å². The van der Waals surface area contributed by atoms with Crippen molar-refractivity contribution in [1.82, 2.24) is 4.90 Å². The van der Waals surface area contributed by atoms with E-state index >= 15 is 0 Å². The van der Waals surface area contributed by atoms with Crippen molar-refractivity contribution >= 4 is 21.9 Å². The third kappa shape index (κ3) is 4.99. The summed E-state index contributed by atoms with van der Waals surface area (Å²) in [5.74, 6) is -2.82. The lowest BCUT2D eigenvalue weighted by molar-refractivity contribution is -0.142. The maximum Gasteiger partial charge on any atom is 0.410 e. The minimum absolute atomic E-state index is 0.0234. The Kier molecular flexibility index (Phi) is 4.68. The third-order valence-electron chi connectivity index (χ3n) is 2.93. The van der Waals surface area contributed by atoms with E-state index in [0.717, 1.165) is 6.26 Å². The van der Waals surface area contributed by atoms with Crippen LogP contribution in [0, 0.1) is 11.8 Å². The van der Waals surface area contributed by atoms with Gasteiger partial charge in [0.2, 0.25) is 0 Å². The number of hydrogen-bond acceptors (Lipinski definition) is 5. The van der Waals surface area contributed by atoms with Crippen molar-refractivity contribution in [2.45, 2.75) is 26.4 Å². The topological polar surface area (TPSA) is 101 Å². The highest BCUT2D eigenvalue weighted by Gasteiger charge is 2.42. The van der Waals surface area contributed by atoms with Crippen molar-refractivity contribution in [2.75, 3.05) is 25.1 Å². The molecule has 7 nitrogen and oxygen atoms in total. The lowest BCUT2D eigenvalue weighted by Crippen LogP contribution is -2.36. The zero-order valence-electron chi connectivity index (χ0n) is 12.1. The Morgan fingerprint density at radius 1 is 1.30 bits per heavy atom. The number of likely N-dealkylation sites (tertiary alicyclic amines) is 1. The summed E-state index contributed by atoms with van der Waals surface area (Å²) < 4.78 is 27.8. The molecule has 1 rings (SSSR count). The average Bonchev–Trinajstić information content (AvgIpc) is 2.56. The second-order valence-corrected chi connectivity index (χ2v) is 8.37. The van der Waals surface area contributed by atoms with Crippen molar-refractivity contribution in [3.8, 4) is 0 Å². The van der Waals surface area contributed by atoms with Crippen molar-refractivity contribution in [1.29, 1.82) is 0 Å². The van der Waals surface area contributed by atoms with Crippen LogP contribution in [-0.4, -0.2) is 61.2 Å². The third-order valence-corrected chi connectivity index (χ3v) is 3.96. The zero-order chi connectivity index (χ0) is 15.7. The second-order valence-electron chi connectivity index (χ2n) is 6.18. The molecule has 1 amide bonds. The molecule has 1 heterocycles. The largest absolute Gasteiger partial charge is 0.481 e. The molecule has 0 unspecified atom stereocenters. The van der Waals surface area contributed by atoms with Crippen LogP contribution in [0.2, 0.25) is 0 Å². The number of carbonyl (C=O) groups excluding carboxylic acids is 1. The van der Waals surface area contributed by atoms with Gasteiger partial charge in [0, 0.05) is 25.3 Å². The van der Waals surface area contributed by atoms with E-state index in [2.05, 4.69) is 0 Å².